The molecule has 1 aromatic carbocycles. The molecule has 1 saturated heterocycles. The van der Waals surface area contributed by atoms with Crippen molar-refractivity contribution in [1.29, 1.82) is 0 Å². The maximum absolute atomic E-state index is 13.5. The summed E-state index contributed by atoms with van der Waals surface area (Å²) in [5.41, 5.74) is 0.812. The van der Waals surface area contributed by atoms with Gasteiger partial charge in [-0.05, 0) is 27.8 Å². The first kappa shape index (κ1) is 29.9. The monoisotopic (exact) mass is 649 g/mol. The summed E-state index contributed by atoms with van der Waals surface area (Å²) in [6, 6.07) is 5.19. The lowest BCUT2D eigenvalue weighted by atomic mass is 10.0. The van der Waals surface area contributed by atoms with Crippen molar-refractivity contribution in [3.05, 3.63) is 47.2 Å². The summed E-state index contributed by atoms with van der Waals surface area (Å²) in [5.74, 6) is -2.49. The van der Waals surface area contributed by atoms with Crippen molar-refractivity contribution in [3.8, 4) is 0 Å². The Hall–Kier alpha value is -3.55. The number of β-lactam (4-membered cyclic amide) rings is 1. The number of carboxylic acids is 1. The van der Waals surface area contributed by atoms with Crippen LogP contribution >= 0.6 is 47.0 Å². The van der Waals surface area contributed by atoms with E-state index in [1.807, 2.05) is 0 Å². The molecule has 0 bridgehead atoms. The van der Waals surface area contributed by atoms with Crippen LogP contribution in [0.3, 0.4) is 0 Å². The molecule has 19 heteroatoms. The number of aliphatic carboxylic acids is 1. The molecular weight excluding hydrogens is 627 g/mol. The van der Waals surface area contributed by atoms with Gasteiger partial charge in [0.05, 0.1) is 5.75 Å². The Balaban J connectivity index is 1.32. The molecule has 3 aliphatic heterocycles. The molecule has 3 N–H and O–H groups in total. The first-order valence-corrected chi connectivity index (χ1v) is 16.4. The van der Waals surface area contributed by atoms with Gasteiger partial charge in [-0.25, -0.2) is 14.3 Å². The molecule has 1 fully saturated rings. The van der Waals surface area contributed by atoms with Crippen molar-refractivity contribution >= 4 is 81.1 Å². The second-order valence-electron chi connectivity index (χ2n) is 8.88. The van der Waals surface area contributed by atoms with Gasteiger partial charge in [0, 0.05) is 18.6 Å². The van der Waals surface area contributed by atoms with Gasteiger partial charge in [0.2, 0.25) is 11.1 Å². The Bertz CT molecular complexity index is 1500. The summed E-state index contributed by atoms with van der Waals surface area (Å²) < 4.78 is 1.98. The number of hydrogen-bond donors (Lipinski definition) is 3. The fourth-order valence-corrected chi connectivity index (χ4v) is 7.92. The smallest absolute Gasteiger partial charge is 0.352 e. The number of aryl methyl sites for hydroxylation is 1. The summed E-state index contributed by atoms with van der Waals surface area (Å²) >= 11 is 5.06. The van der Waals surface area contributed by atoms with Crippen molar-refractivity contribution < 1.29 is 29.1 Å². The summed E-state index contributed by atoms with van der Waals surface area (Å²) in [6.45, 7) is 0. The van der Waals surface area contributed by atoms with E-state index in [1.54, 1.807) is 43.6 Å². The molecule has 5 rings (SSSR count). The number of benzene rings is 1. The summed E-state index contributed by atoms with van der Waals surface area (Å²) in [6.07, 6.45) is 1.77. The number of hydrogen-bond acceptors (Lipinski definition) is 13. The molecule has 0 saturated carbocycles. The van der Waals surface area contributed by atoms with Crippen LogP contribution in [-0.2, 0) is 26.2 Å². The molecule has 2 aromatic rings. The molecule has 0 aliphatic carbocycles. The standard InChI is InChI=1S/C23H23N9O6S4/c1-30-22(26-28-29-30)41-9-12-8-40-19-15(18(35)31(19)16(12)20(36)37)24-17(34)14(11-6-4-3-5-7-11)25-21(38)32-13(33)10-42-23(27-32)39-2/h3-7,14-15,19H,8-10H2,1-2H3,(H,24,34)(H,25,38)(H,36,37)/t14-,15?,19-/m1/s1. The highest BCUT2D eigenvalue weighted by atomic mass is 32.2. The lowest BCUT2D eigenvalue weighted by Gasteiger charge is -2.49. The maximum Gasteiger partial charge on any atom is 0.352 e. The van der Waals surface area contributed by atoms with E-state index in [0.29, 0.717) is 31.4 Å². The van der Waals surface area contributed by atoms with Crippen LogP contribution in [-0.4, -0.2) is 104 Å². The Morgan fingerprint density at radius 2 is 1.95 bits per heavy atom. The fraction of sp³-hybridized carbons (Fsp3) is 0.348. The predicted molar refractivity (Wildman–Crippen MR) is 157 cm³/mol. The number of carboxylic acid groups (broad SMARTS) is 1. The number of amides is 5. The zero-order valence-corrected chi connectivity index (χ0v) is 25.3. The van der Waals surface area contributed by atoms with Crippen molar-refractivity contribution in [2.24, 2.45) is 12.1 Å². The Morgan fingerprint density at radius 1 is 1.19 bits per heavy atom. The highest BCUT2D eigenvalue weighted by Crippen LogP contribution is 2.41. The number of thioether (sulfide) groups is 4. The van der Waals surface area contributed by atoms with Crippen molar-refractivity contribution in [2.75, 3.05) is 23.5 Å². The summed E-state index contributed by atoms with van der Waals surface area (Å²) in [5, 5.41) is 31.0. The third-order valence-electron chi connectivity index (χ3n) is 6.27. The van der Waals surface area contributed by atoms with Crippen LogP contribution in [0.15, 0.2) is 51.9 Å². The fourth-order valence-electron chi connectivity index (χ4n) is 4.27. The van der Waals surface area contributed by atoms with Gasteiger partial charge in [-0.3, -0.25) is 19.3 Å². The van der Waals surface area contributed by atoms with E-state index in [2.05, 4.69) is 31.3 Å². The summed E-state index contributed by atoms with van der Waals surface area (Å²) in [4.78, 5) is 65.5. The molecule has 42 heavy (non-hydrogen) atoms. The van der Waals surface area contributed by atoms with Gasteiger partial charge in [-0.2, -0.15) is 0 Å². The number of carbonyl (C=O) groups is 5. The van der Waals surface area contributed by atoms with Gasteiger partial charge in [0.15, 0.2) is 4.38 Å². The highest BCUT2D eigenvalue weighted by molar-refractivity contribution is 8.38. The van der Waals surface area contributed by atoms with Crippen LogP contribution in [0.2, 0.25) is 0 Å². The van der Waals surface area contributed by atoms with Crippen LogP contribution in [0, 0.1) is 0 Å². The number of urea groups is 1. The highest BCUT2D eigenvalue weighted by Gasteiger charge is 2.54. The second kappa shape index (κ2) is 12.8. The van der Waals surface area contributed by atoms with E-state index in [4.69, 9.17) is 0 Å². The van der Waals surface area contributed by atoms with Crippen LogP contribution < -0.4 is 10.6 Å². The number of fused-ring (bicyclic) bond motifs is 1. The van der Waals surface area contributed by atoms with E-state index in [-0.39, 0.29) is 17.2 Å². The molecule has 4 heterocycles. The minimum Gasteiger partial charge on any atom is -0.477 e. The zero-order valence-electron chi connectivity index (χ0n) is 22.0. The number of nitrogens with zero attached hydrogens (tertiary/aromatic N) is 7. The molecule has 15 nitrogen and oxygen atoms in total. The van der Waals surface area contributed by atoms with Crippen molar-refractivity contribution in [3.63, 3.8) is 0 Å². The molecule has 1 aromatic heterocycles. The van der Waals surface area contributed by atoms with E-state index in [1.165, 1.54) is 56.6 Å². The average Bonchev–Trinajstić information content (AvgIpc) is 3.41. The van der Waals surface area contributed by atoms with Crippen LogP contribution in [0.25, 0.3) is 0 Å². The van der Waals surface area contributed by atoms with Crippen molar-refractivity contribution in [2.45, 2.75) is 22.6 Å². The number of imide groups is 1. The number of rotatable bonds is 8. The summed E-state index contributed by atoms with van der Waals surface area (Å²) in [7, 11) is 1.66. The Morgan fingerprint density at radius 3 is 2.62 bits per heavy atom. The zero-order chi connectivity index (χ0) is 30.0. The normalized spacial score (nSPS) is 20.9. The van der Waals surface area contributed by atoms with Crippen LogP contribution in [0.4, 0.5) is 4.79 Å². The van der Waals surface area contributed by atoms with Gasteiger partial charge in [-0.15, -0.1) is 38.7 Å². The number of hydrazone groups is 1. The first-order chi connectivity index (χ1) is 20.2. The largest absolute Gasteiger partial charge is 0.477 e. The minimum absolute atomic E-state index is 0.0238. The Kier molecular flexibility index (Phi) is 9.09. The van der Waals surface area contributed by atoms with E-state index in [0.717, 1.165) is 0 Å². The predicted octanol–water partition coefficient (Wildman–Crippen LogP) is 0.701. The average molecular weight is 650 g/mol. The molecule has 3 atom stereocenters. The molecule has 1 unspecified atom stereocenters. The van der Waals surface area contributed by atoms with Gasteiger partial charge >= 0.3 is 12.0 Å². The molecular formula is C23H23N9O6S4. The minimum atomic E-state index is -1.26. The quantitative estimate of drug-likeness (QED) is 0.268. The van der Waals surface area contributed by atoms with Gasteiger partial charge in [-0.1, -0.05) is 53.9 Å². The number of carbonyl (C=O) groups excluding carboxylic acids is 4. The van der Waals surface area contributed by atoms with Crippen LogP contribution in [0.1, 0.15) is 11.6 Å². The lowest BCUT2D eigenvalue weighted by molar-refractivity contribution is -0.151. The maximum atomic E-state index is 13.5. The topological polar surface area (TPSA) is 192 Å². The molecule has 0 radical (unpaired) electrons. The van der Waals surface area contributed by atoms with Gasteiger partial charge in [0.1, 0.15) is 23.2 Å². The second-order valence-corrected chi connectivity index (χ2v) is 12.9. The van der Waals surface area contributed by atoms with E-state index >= 15 is 0 Å². The molecule has 3 aliphatic rings. The van der Waals surface area contributed by atoms with E-state index < -0.39 is 47.2 Å². The number of aromatic nitrogens is 4. The van der Waals surface area contributed by atoms with E-state index in [9.17, 15) is 29.1 Å². The SMILES string of the molecule is CSC1=NN(C(=O)N[C@@H](C(=O)NC2C(=O)N3C(C(=O)O)=C(CSc4nnnn4C)CS[C@H]23)c2ccccc2)C(=O)CS1. The number of tetrazole rings is 1. The third-order valence-corrected chi connectivity index (χ3v) is 10.7. The van der Waals surface area contributed by atoms with Crippen LogP contribution in [0.5, 0.6) is 0 Å². The molecule has 5 amide bonds. The molecule has 0 spiro atoms. The third kappa shape index (κ3) is 5.99. The first-order valence-electron chi connectivity index (χ1n) is 12.2. The van der Waals surface area contributed by atoms with Gasteiger partial charge in [0.25, 0.3) is 11.8 Å². The molecule has 220 valence electrons. The number of nitrogens with one attached hydrogen (secondary N) is 2. The van der Waals surface area contributed by atoms with Crippen molar-refractivity contribution in [1.82, 2.24) is 40.7 Å². The Labute approximate surface area is 255 Å². The lowest BCUT2D eigenvalue weighted by Crippen LogP contribution is -2.71. The van der Waals surface area contributed by atoms with Gasteiger partial charge < -0.3 is 15.7 Å².